The largest absolute Gasteiger partial charge is 0.487 e. The van der Waals surface area contributed by atoms with Gasteiger partial charge in [-0.1, -0.05) is 6.07 Å². The second-order valence-corrected chi connectivity index (χ2v) is 7.85. The lowest BCUT2D eigenvalue weighted by Gasteiger charge is -2.18. The van der Waals surface area contributed by atoms with Gasteiger partial charge in [0.1, 0.15) is 28.5 Å². The van der Waals surface area contributed by atoms with Gasteiger partial charge in [-0.3, -0.25) is 14.2 Å². The molecule has 1 heterocycles. The number of nitrogens with zero attached hydrogens (tertiary/aromatic N) is 1. The fourth-order valence-electron chi connectivity index (χ4n) is 3.26. The molecule has 0 saturated carbocycles. The van der Waals surface area contributed by atoms with Gasteiger partial charge in [-0.2, -0.15) is 0 Å². The summed E-state index contributed by atoms with van der Waals surface area (Å²) >= 11 is 3.25. The first-order valence-corrected chi connectivity index (χ1v) is 10.5. The molecule has 0 aliphatic rings. The van der Waals surface area contributed by atoms with Gasteiger partial charge in [-0.15, -0.1) is 0 Å². The van der Waals surface area contributed by atoms with Gasteiger partial charge in [-0.05, 0) is 59.6 Å². The number of aliphatic hydroxyl groups is 1. The van der Waals surface area contributed by atoms with Crippen LogP contribution in [0.5, 0.6) is 5.75 Å². The van der Waals surface area contributed by atoms with E-state index in [1.54, 1.807) is 38.1 Å². The molecule has 0 radical (unpaired) electrons. The summed E-state index contributed by atoms with van der Waals surface area (Å²) in [4.78, 5) is 25.5. The number of ether oxygens (including phenoxy) is 1. The number of aryl methyl sites for hydroxylation is 1. The highest BCUT2D eigenvalue weighted by atomic mass is 79.9. The maximum Gasteiger partial charge on any atom is 0.273 e. The fraction of sp³-hybridized carbons (Fsp3) is 0.217. The predicted octanol–water partition coefficient (Wildman–Crippen LogP) is 3.80. The van der Waals surface area contributed by atoms with Crippen LogP contribution in [0.15, 0.2) is 51.7 Å². The van der Waals surface area contributed by atoms with Crippen LogP contribution in [0.3, 0.4) is 0 Å². The number of benzene rings is 2. The third-order valence-corrected chi connectivity index (χ3v) is 5.62. The van der Waals surface area contributed by atoms with Crippen LogP contribution in [0, 0.1) is 25.5 Å². The van der Waals surface area contributed by atoms with Crippen molar-refractivity contribution in [1.29, 1.82) is 0 Å². The van der Waals surface area contributed by atoms with E-state index in [-0.39, 0.29) is 41.5 Å². The molecular weight excluding hydrogens is 486 g/mol. The fourth-order valence-corrected chi connectivity index (χ4v) is 3.66. The van der Waals surface area contributed by atoms with E-state index >= 15 is 0 Å². The molecule has 9 heteroatoms. The summed E-state index contributed by atoms with van der Waals surface area (Å²) in [6, 6.07) is 9.81. The second-order valence-electron chi connectivity index (χ2n) is 7.06. The Kier molecular flexibility index (Phi) is 7.42. The van der Waals surface area contributed by atoms with Gasteiger partial charge in [0.15, 0.2) is 0 Å². The van der Waals surface area contributed by atoms with Crippen LogP contribution in [-0.2, 0) is 6.61 Å². The summed E-state index contributed by atoms with van der Waals surface area (Å²) in [5.41, 5.74) is 1.74. The van der Waals surface area contributed by atoms with Gasteiger partial charge in [0.2, 0.25) is 0 Å². The van der Waals surface area contributed by atoms with E-state index in [1.807, 2.05) is 0 Å². The number of carbonyl (C=O) groups is 1. The number of aliphatic hydroxyl groups excluding tert-OH is 1. The van der Waals surface area contributed by atoms with Crippen molar-refractivity contribution in [2.45, 2.75) is 20.5 Å². The molecule has 0 spiro atoms. The average Bonchev–Trinajstić information content (AvgIpc) is 2.75. The Hall–Kier alpha value is -3.04. The number of pyridine rings is 1. The minimum atomic E-state index is -0.738. The topological polar surface area (TPSA) is 80.6 Å². The number of carbonyl (C=O) groups excluding carboxylic acids is 1. The Morgan fingerprint density at radius 1 is 1.19 bits per heavy atom. The number of aromatic nitrogens is 1. The highest BCUT2D eigenvalue weighted by molar-refractivity contribution is 9.10. The Bertz CT molecular complexity index is 1230. The van der Waals surface area contributed by atoms with Crippen molar-refractivity contribution >= 4 is 21.8 Å². The summed E-state index contributed by atoms with van der Waals surface area (Å²) < 4.78 is 34.2. The van der Waals surface area contributed by atoms with Crippen LogP contribution in [0.1, 0.15) is 27.2 Å². The maximum absolute atomic E-state index is 13.9. The Morgan fingerprint density at radius 3 is 2.62 bits per heavy atom. The smallest absolute Gasteiger partial charge is 0.273 e. The number of hydrogen-bond acceptors (Lipinski definition) is 4. The van der Waals surface area contributed by atoms with Gasteiger partial charge < -0.3 is 15.2 Å². The zero-order valence-electron chi connectivity index (χ0n) is 17.4. The van der Waals surface area contributed by atoms with Crippen molar-refractivity contribution in [3.63, 3.8) is 0 Å². The standard InChI is InChI=1S/C23H21BrF2N2O4/c1-13-10-20(32-12-15-6-7-16(25)11-18(15)26)21(24)23(31)28(13)19-5-3-4-17(14(19)2)22(30)27-8-9-29/h3-7,10-11,29H,8-9,12H2,1-2H3,(H,27,30). The van der Waals surface area contributed by atoms with Crippen molar-refractivity contribution in [3.05, 3.63) is 91.3 Å². The lowest BCUT2D eigenvalue weighted by atomic mass is 10.1. The van der Waals surface area contributed by atoms with Crippen LogP contribution in [0.4, 0.5) is 8.78 Å². The molecule has 2 aromatic carbocycles. The third-order valence-electron chi connectivity index (χ3n) is 4.89. The molecule has 2 N–H and O–H groups in total. The van der Waals surface area contributed by atoms with Crippen molar-refractivity contribution in [2.24, 2.45) is 0 Å². The first-order valence-electron chi connectivity index (χ1n) is 9.72. The van der Waals surface area contributed by atoms with Crippen LogP contribution >= 0.6 is 15.9 Å². The van der Waals surface area contributed by atoms with Crippen LogP contribution in [-0.4, -0.2) is 28.7 Å². The number of halogens is 3. The first-order chi connectivity index (χ1) is 15.2. The molecule has 3 rings (SSSR count). The SMILES string of the molecule is Cc1c(C(=O)NCCO)cccc1-n1c(C)cc(OCc2ccc(F)cc2F)c(Br)c1=O. The lowest BCUT2D eigenvalue weighted by Crippen LogP contribution is -2.28. The molecule has 1 amide bonds. The van der Waals surface area contributed by atoms with Crippen molar-refractivity contribution < 1.29 is 23.4 Å². The molecule has 0 atom stereocenters. The molecule has 3 aromatic rings. The summed E-state index contributed by atoms with van der Waals surface area (Å²) in [6.45, 7) is 3.18. The molecule has 0 fully saturated rings. The van der Waals surface area contributed by atoms with Crippen molar-refractivity contribution in [2.75, 3.05) is 13.2 Å². The van der Waals surface area contributed by atoms with Crippen LogP contribution in [0.25, 0.3) is 5.69 Å². The molecule has 32 heavy (non-hydrogen) atoms. The van der Waals surface area contributed by atoms with E-state index in [2.05, 4.69) is 21.2 Å². The molecule has 0 bridgehead atoms. The normalized spacial score (nSPS) is 10.8. The van der Waals surface area contributed by atoms with Crippen molar-refractivity contribution in [1.82, 2.24) is 9.88 Å². The van der Waals surface area contributed by atoms with E-state index < -0.39 is 17.2 Å². The maximum atomic E-state index is 13.9. The molecule has 0 saturated heterocycles. The van der Waals surface area contributed by atoms with Crippen LogP contribution < -0.4 is 15.6 Å². The lowest BCUT2D eigenvalue weighted by molar-refractivity contribution is 0.0944. The van der Waals surface area contributed by atoms with Gasteiger partial charge in [0.05, 0.1) is 12.3 Å². The Morgan fingerprint density at radius 2 is 1.94 bits per heavy atom. The molecule has 0 unspecified atom stereocenters. The summed E-state index contributed by atoms with van der Waals surface area (Å²) in [5, 5.41) is 11.5. The third kappa shape index (κ3) is 4.89. The monoisotopic (exact) mass is 506 g/mol. The summed E-state index contributed by atoms with van der Waals surface area (Å²) in [6.07, 6.45) is 0. The second kappa shape index (κ2) is 10.1. The van der Waals surface area contributed by atoms with E-state index in [4.69, 9.17) is 9.84 Å². The minimum Gasteiger partial charge on any atom is -0.487 e. The van der Waals surface area contributed by atoms with Crippen molar-refractivity contribution in [3.8, 4) is 11.4 Å². The summed E-state index contributed by atoms with van der Waals surface area (Å²) in [7, 11) is 0. The molecule has 0 aliphatic carbocycles. The highest BCUT2D eigenvalue weighted by Crippen LogP contribution is 2.27. The number of nitrogens with one attached hydrogen (secondary N) is 1. The number of rotatable bonds is 7. The van der Waals surface area contributed by atoms with Gasteiger partial charge in [0, 0.05) is 35.5 Å². The van der Waals surface area contributed by atoms with E-state index in [0.717, 1.165) is 12.1 Å². The molecule has 0 aliphatic heterocycles. The Balaban J connectivity index is 1.96. The van der Waals surface area contributed by atoms with Gasteiger partial charge >= 0.3 is 0 Å². The quantitative estimate of drug-likeness (QED) is 0.510. The van der Waals surface area contributed by atoms with E-state index in [1.165, 1.54) is 10.6 Å². The zero-order chi connectivity index (χ0) is 23.4. The van der Waals surface area contributed by atoms with Gasteiger partial charge in [-0.25, -0.2) is 8.78 Å². The average molecular weight is 507 g/mol. The zero-order valence-corrected chi connectivity index (χ0v) is 19.0. The molecule has 1 aromatic heterocycles. The first kappa shape index (κ1) is 23.6. The molecule has 168 valence electrons. The molecule has 6 nitrogen and oxygen atoms in total. The molecular formula is C23H21BrF2N2O4. The van der Waals surface area contributed by atoms with E-state index in [9.17, 15) is 18.4 Å². The minimum absolute atomic E-state index is 0.119. The Labute approximate surface area is 191 Å². The number of hydrogen-bond donors (Lipinski definition) is 2. The van der Waals surface area contributed by atoms with Gasteiger partial charge in [0.25, 0.3) is 11.5 Å². The van der Waals surface area contributed by atoms with Crippen LogP contribution in [0.2, 0.25) is 0 Å². The summed E-state index contributed by atoms with van der Waals surface area (Å²) in [5.74, 6) is -1.57. The van der Waals surface area contributed by atoms with E-state index in [0.29, 0.717) is 22.5 Å². The number of amides is 1. The predicted molar refractivity (Wildman–Crippen MR) is 119 cm³/mol. The highest BCUT2D eigenvalue weighted by Gasteiger charge is 2.18.